The summed E-state index contributed by atoms with van der Waals surface area (Å²) < 4.78 is 24.5. The van der Waals surface area contributed by atoms with E-state index in [1.165, 1.54) is 12.1 Å². The third kappa shape index (κ3) is 4.72. The average molecular weight is 458 g/mol. The van der Waals surface area contributed by atoms with Gasteiger partial charge in [-0.15, -0.1) is 11.3 Å². The van der Waals surface area contributed by atoms with E-state index in [-0.39, 0.29) is 34.2 Å². The number of nitrogens with one attached hydrogen (secondary N) is 1. The summed E-state index contributed by atoms with van der Waals surface area (Å²) >= 11 is 4.00. The van der Waals surface area contributed by atoms with Gasteiger partial charge in [0.25, 0.3) is 5.91 Å². The number of esters is 2. The van der Waals surface area contributed by atoms with E-state index < -0.39 is 23.7 Å². The van der Waals surface area contributed by atoms with E-state index in [2.05, 4.69) is 21.2 Å². The van der Waals surface area contributed by atoms with Crippen molar-refractivity contribution in [3.8, 4) is 0 Å². The second-order valence-corrected chi connectivity index (χ2v) is 7.22. The van der Waals surface area contributed by atoms with Gasteiger partial charge in [0.15, 0.2) is 0 Å². The van der Waals surface area contributed by atoms with Crippen LogP contribution in [0.1, 0.15) is 49.8 Å². The van der Waals surface area contributed by atoms with Gasteiger partial charge in [-0.2, -0.15) is 0 Å². The van der Waals surface area contributed by atoms with Gasteiger partial charge in [-0.25, -0.2) is 14.0 Å². The topological polar surface area (TPSA) is 81.7 Å². The Bertz CT molecular complexity index is 896. The first kappa shape index (κ1) is 21.0. The summed E-state index contributed by atoms with van der Waals surface area (Å²) in [5.41, 5.74) is 0.191. The van der Waals surface area contributed by atoms with E-state index in [9.17, 15) is 18.8 Å². The Morgan fingerprint density at radius 3 is 2.37 bits per heavy atom. The molecule has 0 saturated carbocycles. The molecule has 1 N–H and O–H groups in total. The first-order valence-corrected chi connectivity index (χ1v) is 9.65. The number of rotatable bonds is 6. The van der Waals surface area contributed by atoms with Gasteiger partial charge in [0, 0.05) is 4.47 Å². The van der Waals surface area contributed by atoms with E-state index >= 15 is 0 Å². The van der Waals surface area contributed by atoms with Gasteiger partial charge in [0.1, 0.15) is 15.7 Å². The van der Waals surface area contributed by atoms with Gasteiger partial charge in [0.05, 0.1) is 24.3 Å². The highest BCUT2D eigenvalue weighted by molar-refractivity contribution is 9.10. The molecule has 6 nitrogen and oxygen atoms in total. The lowest BCUT2D eigenvalue weighted by Gasteiger charge is -2.08. The van der Waals surface area contributed by atoms with Crippen LogP contribution >= 0.6 is 27.3 Å². The number of amides is 1. The summed E-state index contributed by atoms with van der Waals surface area (Å²) in [6.07, 6.45) is 0. The smallest absolute Gasteiger partial charge is 0.348 e. The molecule has 0 unspecified atom stereocenters. The van der Waals surface area contributed by atoms with Crippen LogP contribution in [0.5, 0.6) is 0 Å². The fourth-order valence-electron chi connectivity index (χ4n) is 2.29. The van der Waals surface area contributed by atoms with Crippen molar-refractivity contribution in [2.24, 2.45) is 0 Å². The molecule has 1 heterocycles. The second-order valence-electron chi connectivity index (χ2n) is 5.28. The highest BCUT2D eigenvalue weighted by Gasteiger charge is 2.28. The Balaban J connectivity index is 2.44. The zero-order valence-corrected chi connectivity index (χ0v) is 17.3. The SMILES string of the molecule is CCOC(=O)c1sc(NC(=O)c2ccc(Br)cc2F)c(C(=O)OCC)c1C. The van der Waals surface area contributed by atoms with Gasteiger partial charge < -0.3 is 14.8 Å². The molecule has 0 atom stereocenters. The standard InChI is InChI=1S/C18H17BrFNO5S/c1-4-25-17(23)13-9(3)14(18(24)26-5-2)27-16(13)21-15(22)11-7-6-10(19)8-12(11)20/h6-8H,4-5H2,1-3H3,(H,21,22). The quantitative estimate of drug-likeness (QED) is 0.642. The minimum absolute atomic E-state index is 0.0516. The number of halogens is 2. The van der Waals surface area contributed by atoms with E-state index in [4.69, 9.17) is 9.47 Å². The monoisotopic (exact) mass is 457 g/mol. The first-order chi connectivity index (χ1) is 12.8. The molecule has 0 saturated heterocycles. The molecule has 1 aromatic carbocycles. The van der Waals surface area contributed by atoms with Gasteiger partial charge >= 0.3 is 11.9 Å². The number of ether oxygens (including phenoxy) is 2. The molecule has 0 radical (unpaired) electrons. The largest absolute Gasteiger partial charge is 0.462 e. The van der Waals surface area contributed by atoms with Crippen LogP contribution < -0.4 is 5.32 Å². The number of carbonyl (C=O) groups is 3. The summed E-state index contributed by atoms with van der Waals surface area (Å²) in [6, 6.07) is 3.99. The zero-order chi connectivity index (χ0) is 20.1. The minimum Gasteiger partial charge on any atom is -0.462 e. The van der Waals surface area contributed by atoms with Crippen molar-refractivity contribution in [1.82, 2.24) is 0 Å². The Morgan fingerprint density at radius 1 is 1.15 bits per heavy atom. The molecule has 144 valence electrons. The number of benzene rings is 1. The van der Waals surface area contributed by atoms with Crippen LogP contribution in [-0.2, 0) is 9.47 Å². The number of anilines is 1. The van der Waals surface area contributed by atoms with Crippen molar-refractivity contribution >= 4 is 50.1 Å². The molecular weight excluding hydrogens is 441 g/mol. The van der Waals surface area contributed by atoms with E-state index in [0.29, 0.717) is 10.0 Å². The fourth-order valence-corrected chi connectivity index (χ4v) is 3.70. The molecule has 0 spiro atoms. The van der Waals surface area contributed by atoms with Crippen LogP contribution in [0.2, 0.25) is 0 Å². The molecule has 9 heteroatoms. The van der Waals surface area contributed by atoms with Crippen LogP contribution in [0.25, 0.3) is 0 Å². The van der Waals surface area contributed by atoms with Crippen LogP contribution in [-0.4, -0.2) is 31.1 Å². The molecule has 0 bridgehead atoms. The average Bonchev–Trinajstić information content (AvgIpc) is 2.91. The van der Waals surface area contributed by atoms with Crippen LogP contribution in [0.4, 0.5) is 9.39 Å². The second kappa shape index (κ2) is 9.09. The molecule has 1 amide bonds. The van der Waals surface area contributed by atoms with Crippen molar-refractivity contribution in [1.29, 1.82) is 0 Å². The molecular formula is C18H17BrFNO5S. The minimum atomic E-state index is -0.748. The Kier molecular flexibility index (Phi) is 7.09. The summed E-state index contributed by atoms with van der Waals surface area (Å²) in [5.74, 6) is -2.77. The van der Waals surface area contributed by atoms with Gasteiger partial charge in [-0.05, 0) is 44.5 Å². The van der Waals surface area contributed by atoms with E-state index in [1.54, 1.807) is 20.8 Å². The van der Waals surface area contributed by atoms with Gasteiger partial charge in [-0.1, -0.05) is 15.9 Å². The molecule has 0 aliphatic heterocycles. The maximum atomic E-state index is 14.0. The third-order valence-corrected chi connectivity index (χ3v) is 5.17. The molecule has 2 aromatic rings. The zero-order valence-electron chi connectivity index (χ0n) is 14.9. The summed E-state index contributed by atoms with van der Waals surface area (Å²) in [4.78, 5) is 37.1. The maximum absolute atomic E-state index is 14.0. The van der Waals surface area contributed by atoms with Gasteiger partial charge in [-0.3, -0.25) is 4.79 Å². The molecule has 0 fully saturated rings. The predicted octanol–water partition coefficient (Wildman–Crippen LogP) is 4.56. The molecule has 0 aliphatic rings. The molecule has 0 aliphatic carbocycles. The van der Waals surface area contributed by atoms with Crippen molar-refractivity contribution in [2.75, 3.05) is 18.5 Å². The first-order valence-electron chi connectivity index (χ1n) is 8.04. The van der Waals surface area contributed by atoms with Crippen molar-refractivity contribution in [3.63, 3.8) is 0 Å². The van der Waals surface area contributed by atoms with Gasteiger partial charge in [0.2, 0.25) is 0 Å². The molecule has 27 heavy (non-hydrogen) atoms. The molecule has 2 rings (SSSR count). The van der Waals surface area contributed by atoms with Crippen LogP contribution in [0, 0.1) is 12.7 Å². The fraction of sp³-hybridized carbons (Fsp3) is 0.278. The maximum Gasteiger partial charge on any atom is 0.348 e. The number of thiophene rings is 1. The van der Waals surface area contributed by atoms with Crippen molar-refractivity contribution < 1.29 is 28.2 Å². The third-order valence-electron chi connectivity index (χ3n) is 3.49. The van der Waals surface area contributed by atoms with Crippen LogP contribution in [0.3, 0.4) is 0 Å². The van der Waals surface area contributed by atoms with Crippen LogP contribution in [0.15, 0.2) is 22.7 Å². The highest BCUT2D eigenvalue weighted by Crippen LogP contribution is 2.34. The highest BCUT2D eigenvalue weighted by atomic mass is 79.9. The molecule has 1 aromatic heterocycles. The Labute approximate surface area is 167 Å². The number of carbonyl (C=O) groups excluding carboxylic acids is 3. The summed E-state index contributed by atoms with van der Waals surface area (Å²) in [7, 11) is 0. The Morgan fingerprint density at radius 2 is 1.78 bits per heavy atom. The number of hydrogen-bond donors (Lipinski definition) is 1. The number of hydrogen-bond acceptors (Lipinski definition) is 6. The summed E-state index contributed by atoms with van der Waals surface area (Å²) in [6.45, 7) is 5.15. The van der Waals surface area contributed by atoms with E-state index in [1.807, 2.05) is 0 Å². The lowest BCUT2D eigenvalue weighted by atomic mass is 10.1. The predicted molar refractivity (Wildman–Crippen MR) is 103 cm³/mol. The lowest BCUT2D eigenvalue weighted by molar-refractivity contribution is 0.0527. The summed E-state index contributed by atoms with van der Waals surface area (Å²) in [5, 5.41) is 2.60. The van der Waals surface area contributed by atoms with Crippen molar-refractivity contribution in [2.45, 2.75) is 20.8 Å². The Hall–Kier alpha value is -2.26. The normalized spacial score (nSPS) is 10.4. The van der Waals surface area contributed by atoms with Crippen molar-refractivity contribution in [3.05, 3.63) is 50.1 Å². The van der Waals surface area contributed by atoms with E-state index in [0.717, 1.165) is 17.4 Å². The lowest BCUT2D eigenvalue weighted by Crippen LogP contribution is -2.16.